The molecule has 2 N–H and O–H groups in total. The number of carbonyl (C=O) groups is 1. The number of carbonyl (C=O) groups excluding carboxylic acids is 1. The summed E-state index contributed by atoms with van der Waals surface area (Å²) in [6, 6.07) is 5.55. The average molecular weight is 236 g/mol. The summed E-state index contributed by atoms with van der Waals surface area (Å²) in [7, 11) is 1.60. The van der Waals surface area contributed by atoms with Crippen LogP contribution in [0.15, 0.2) is 18.2 Å². The normalized spacial score (nSPS) is 18.5. The molecule has 2 rings (SSSR count). The van der Waals surface area contributed by atoms with E-state index in [1.165, 1.54) is 0 Å². The molecule has 1 aromatic carbocycles. The zero-order chi connectivity index (χ0) is 12.3. The molecular formula is C12H16N2O3. The summed E-state index contributed by atoms with van der Waals surface area (Å²) in [4.78, 5) is 11.1. The molecule has 0 aliphatic carbocycles. The topological polar surface area (TPSA) is 59.6 Å². The number of ether oxygens (including phenoxy) is 2. The van der Waals surface area contributed by atoms with Crippen LogP contribution in [0.25, 0.3) is 0 Å². The summed E-state index contributed by atoms with van der Waals surface area (Å²) in [5, 5.41) is 5.55. The predicted octanol–water partition coefficient (Wildman–Crippen LogP) is 1.45. The molecule has 5 heteroatoms. The Morgan fingerprint density at radius 2 is 2.24 bits per heavy atom. The molecule has 1 heterocycles. The van der Waals surface area contributed by atoms with Gasteiger partial charge in [0.25, 0.3) is 0 Å². The van der Waals surface area contributed by atoms with E-state index >= 15 is 0 Å². The molecular weight excluding hydrogens is 220 g/mol. The first-order chi connectivity index (χ1) is 8.24. The van der Waals surface area contributed by atoms with Gasteiger partial charge in [0, 0.05) is 6.54 Å². The van der Waals surface area contributed by atoms with Gasteiger partial charge >= 0.3 is 6.03 Å². The number of amides is 2. The fourth-order valence-electron chi connectivity index (χ4n) is 1.83. The molecule has 0 spiro atoms. The smallest absolute Gasteiger partial charge is 0.315 e. The van der Waals surface area contributed by atoms with E-state index in [-0.39, 0.29) is 12.1 Å². The van der Waals surface area contributed by atoms with Gasteiger partial charge in [0.15, 0.2) is 11.5 Å². The molecule has 17 heavy (non-hydrogen) atoms. The minimum Gasteiger partial charge on any atom is -0.493 e. The second-order valence-corrected chi connectivity index (χ2v) is 3.75. The zero-order valence-corrected chi connectivity index (χ0v) is 9.95. The van der Waals surface area contributed by atoms with Crippen LogP contribution in [0, 0.1) is 0 Å². The van der Waals surface area contributed by atoms with Crippen LogP contribution in [0.1, 0.15) is 18.5 Å². The van der Waals surface area contributed by atoms with Crippen molar-refractivity contribution in [3.63, 3.8) is 0 Å². The molecule has 0 aromatic heterocycles. The summed E-state index contributed by atoms with van der Waals surface area (Å²) in [5.41, 5.74) is 1.00. The summed E-state index contributed by atoms with van der Waals surface area (Å²) in [6.45, 7) is 3.11. The SMILES string of the molecule is CCOc1ccc([C@H]2CNC(=O)N2)cc1OC. The largest absolute Gasteiger partial charge is 0.493 e. The number of benzene rings is 1. The first-order valence-corrected chi connectivity index (χ1v) is 5.59. The molecule has 1 aliphatic rings. The lowest BCUT2D eigenvalue weighted by Gasteiger charge is -2.13. The van der Waals surface area contributed by atoms with Crippen molar-refractivity contribution < 1.29 is 14.3 Å². The fraction of sp³-hybridized carbons (Fsp3) is 0.417. The van der Waals surface area contributed by atoms with E-state index in [0.717, 1.165) is 11.3 Å². The van der Waals surface area contributed by atoms with Crippen LogP contribution < -0.4 is 20.1 Å². The molecule has 1 saturated heterocycles. The van der Waals surface area contributed by atoms with E-state index in [2.05, 4.69) is 10.6 Å². The highest BCUT2D eigenvalue weighted by atomic mass is 16.5. The van der Waals surface area contributed by atoms with E-state index in [9.17, 15) is 4.79 Å². The van der Waals surface area contributed by atoms with E-state index < -0.39 is 0 Å². The van der Waals surface area contributed by atoms with Crippen LogP contribution in [0.5, 0.6) is 11.5 Å². The Morgan fingerprint density at radius 3 is 2.82 bits per heavy atom. The van der Waals surface area contributed by atoms with Gasteiger partial charge in [-0.3, -0.25) is 0 Å². The quantitative estimate of drug-likeness (QED) is 0.831. The van der Waals surface area contributed by atoms with Gasteiger partial charge in [0.2, 0.25) is 0 Å². The lowest BCUT2D eigenvalue weighted by Crippen LogP contribution is -2.21. The molecule has 1 aliphatic heterocycles. The first-order valence-electron chi connectivity index (χ1n) is 5.59. The van der Waals surface area contributed by atoms with Crippen molar-refractivity contribution in [3.8, 4) is 11.5 Å². The van der Waals surface area contributed by atoms with Gasteiger partial charge in [-0.1, -0.05) is 6.07 Å². The van der Waals surface area contributed by atoms with Crippen LogP contribution in [0.4, 0.5) is 4.79 Å². The van der Waals surface area contributed by atoms with Gasteiger partial charge in [-0.05, 0) is 24.6 Å². The van der Waals surface area contributed by atoms with Gasteiger partial charge in [0.1, 0.15) is 0 Å². The Kier molecular flexibility index (Phi) is 3.37. The number of nitrogens with one attached hydrogen (secondary N) is 2. The van der Waals surface area contributed by atoms with Crippen LogP contribution in [-0.4, -0.2) is 26.3 Å². The Labute approximate surface area is 100 Å². The number of hydrogen-bond donors (Lipinski definition) is 2. The summed E-state index contributed by atoms with van der Waals surface area (Å²) >= 11 is 0. The summed E-state index contributed by atoms with van der Waals surface area (Å²) in [6.07, 6.45) is 0. The second kappa shape index (κ2) is 4.95. The van der Waals surface area contributed by atoms with Gasteiger partial charge in [0.05, 0.1) is 19.8 Å². The van der Waals surface area contributed by atoms with E-state index in [1.54, 1.807) is 7.11 Å². The Hall–Kier alpha value is -1.91. The maximum absolute atomic E-state index is 11.1. The maximum atomic E-state index is 11.1. The van der Waals surface area contributed by atoms with Gasteiger partial charge < -0.3 is 20.1 Å². The van der Waals surface area contributed by atoms with Gasteiger partial charge in [-0.15, -0.1) is 0 Å². The molecule has 2 amide bonds. The van der Waals surface area contributed by atoms with Crippen LogP contribution in [0.2, 0.25) is 0 Å². The van der Waals surface area contributed by atoms with E-state index in [4.69, 9.17) is 9.47 Å². The van der Waals surface area contributed by atoms with Crippen LogP contribution in [-0.2, 0) is 0 Å². The lowest BCUT2D eigenvalue weighted by atomic mass is 10.1. The summed E-state index contributed by atoms with van der Waals surface area (Å²) in [5.74, 6) is 1.40. The molecule has 92 valence electrons. The van der Waals surface area contributed by atoms with Gasteiger partial charge in [-0.2, -0.15) is 0 Å². The summed E-state index contributed by atoms with van der Waals surface area (Å²) < 4.78 is 10.7. The van der Waals surface area contributed by atoms with Crippen molar-refractivity contribution in [1.82, 2.24) is 10.6 Å². The Balaban J connectivity index is 2.22. The minimum absolute atomic E-state index is 0.00734. The highest BCUT2D eigenvalue weighted by molar-refractivity contribution is 5.77. The molecule has 0 unspecified atom stereocenters. The van der Waals surface area contributed by atoms with Gasteiger partial charge in [-0.25, -0.2) is 4.79 Å². The monoisotopic (exact) mass is 236 g/mol. The fourth-order valence-corrected chi connectivity index (χ4v) is 1.83. The van der Waals surface area contributed by atoms with Crippen LogP contribution in [0.3, 0.4) is 0 Å². The molecule has 0 radical (unpaired) electrons. The zero-order valence-electron chi connectivity index (χ0n) is 9.95. The Morgan fingerprint density at radius 1 is 1.41 bits per heavy atom. The highest BCUT2D eigenvalue weighted by Crippen LogP contribution is 2.30. The van der Waals surface area contributed by atoms with Crippen molar-refractivity contribution in [2.75, 3.05) is 20.3 Å². The second-order valence-electron chi connectivity index (χ2n) is 3.75. The number of rotatable bonds is 4. The number of urea groups is 1. The van der Waals surface area contributed by atoms with E-state index in [0.29, 0.717) is 18.9 Å². The number of hydrogen-bond acceptors (Lipinski definition) is 3. The molecule has 1 fully saturated rings. The first kappa shape index (κ1) is 11.6. The van der Waals surface area contributed by atoms with Crippen molar-refractivity contribution in [2.45, 2.75) is 13.0 Å². The molecule has 0 saturated carbocycles. The standard InChI is InChI=1S/C12H16N2O3/c1-3-17-10-5-4-8(6-11(10)16-2)9-7-13-12(15)14-9/h4-6,9H,3,7H2,1-2H3,(H2,13,14,15)/t9-/m1/s1. The van der Waals surface area contributed by atoms with Crippen molar-refractivity contribution in [3.05, 3.63) is 23.8 Å². The van der Waals surface area contributed by atoms with Crippen molar-refractivity contribution >= 4 is 6.03 Å². The van der Waals surface area contributed by atoms with Crippen LogP contribution >= 0.6 is 0 Å². The third-order valence-corrected chi connectivity index (χ3v) is 2.66. The van der Waals surface area contributed by atoms with Crippen molar-refractivity contribution in [2.24, 2.45) is 0 Å². The average Bonchev–Trinajstić information content (AvgIpc) is 2.77. The lowest BCUT2D eigenvalue weighted by molar-refractivity contribution is 0.247. The third kappa shape index (κ3) is 2.43. The molecule has 0 bridgehead atoms. The molecule has 1 atom stereocenters. The Bertz CT molecular complexity index is 420. The predicted molar refractivity (Wildman–Crippen MR) is 63.4 cm³/mol. The molecule has 1 aromatic rings. The van der Waals surface area contributed by atoms with E-state index in [1.807, 2.05) is 25.1 Å². The minimum atomic E-state index is -0.136. The highest BCUT2D eigenvalue weighted by Gasteiger charge is 2.22. The van der Waals surface area contributed by atoms with Crippen molar-refractivity contribution in [1.29, 1.82) is 0 Å². The maximum Gasteiger partial charge on any atom is 0.315 e. The third-order valence-electron chi connectivity index (χ3n) is 2.66. The number of methoxy groups -OCH3 is 1. The molecule has 5 nitrogen and oxygen atoms in total.